The van der Waals surface area contributed by atoms with Crippen molar-refractivity contribution in [2.24, 2.45) is 5.10 Å². The molecule has 1 amide bonds. The third kappa shape index (κ3) is 3.55. The lowest BCUT2D eigenvalue weighted by molar-refractivity contribution is 0.0929. The summed E-state index contributed by atoms with van der Waals surface area (Å²) in [5, 5.41) is 5.98. The molecular formula is C21H15Br2N3O2. The van der Waals surface area contributed by atoms with Gasteiger partial charge in [-0.2, -0.15) is 5.10 Å². The van der Waals surface area contributed by atoms with E-state index in [1.54, 1.807) is 12.3 Å². The Balaban J connectivity index is 1.57. The molecule has 0 atom stereocenters. The largest absolute Gasteiger partial charge is 0.450 e. The summed E-state index contributed by atoms with van der Waals surface area (Å²) in [4.78, 5) is 12.4. The van der Waals surface area contributed by atoms with Crippen LogP contribution in [0.4, 0.5) is 0 Å². The summed E-state index contributed by atoms with van der Waals surface area (Å²) in [6.45, 7) is 4.49. The Hall–Kier alpha value is -2.64. The average Bonchev–Trinajstić information content (AvgIpc) is 3.25. The van der Waals surface area contributed by atoms with E-state index in [0.717, 1.165) is 30.8 Å². The standard InChI is InChI=1S/C21H15Br2N3O2/c1-2-7-26-12-14(16-5-3-4-6-18(16)26)11-24-25-21(27)19-9-13-8-15(22)10-17(23)20(13)28-19/h2-6,8-12H,1,7H2,(H,25,27)/b24-11-. The van der Waals surface area contributed by atoms with Gasteiger partial charge in [0, 0.05) is 39.1 Å². The van der Waals surface area contributed by atoms with Gasteiger partial charge in [-0.3, -0.25) is 4.79 Å². The molecule has 4 rings (SSSR count). The van der Waals surface area contributed by atoms with Crippen LogP contribution >= 0.6 is 31.9 Å². The van der Waals surface area contributed by atoms with Crippen molar-refractivity contribution in [1.29, 1.82) is 0 Å². The zero-order valence-electron chi connectivity index (χ0n) is 14.7. The van der Waals surface area contributed by atoms with Crippen molar-refractivity contribution in [1.82, 2.24) is 9.99 Å². The van der Waals surface area contributed by atoms with Gasteiger partial charge in [0.15, 0.2) is 5.76 Å². The van der Waals surface area contributed by atoms with E-state index >= 15 is 0 Å². The minimum atomic E-state index is -0.412. The molecule has 1 N–H and O–H groups in total. The molecule has 0 radical (unpaired) electrons. The first kappa shape index (κ1) is 18.7. The molecule has 4 aromatic rings. The molecule has 5 nitrogen and oxygen atoms in total. The number of rotatable bonds is 5. The Morgan fingerprint density at radius 3 is 2.89 bits per heavy atom. The summed E-state index contributed by atoms with van der Waals surface area (Å²) in [7, 11) is 0. The molecule has 2 aromatic heterocycles. The molecule has 0 aliphatic carbocycles. The van der Waals surface area contributed by atoms with Crippen LogP contribution in [-0.2, 0) is 6.54 Å². The van der Waals surface area contributed by atoms with Crippen LogP contribution < -0.4 is 5.43 Å². The number of allylic oxidation sites excluding steroid dienone is 1. The zero-order chi connectivity index (χ0) is 19.7. The topological polar surface area (TPSA) is 59.5 Å². The van der Waals surface area contributed by atoms with Crippen molar-refractivity contribution >= 4 is 65.9 Å². The predicted molar refractivity (Wildman–Crippen MR) is 119 cm³/mol. The number of hydrogen-bond donors (Lipinski definition) is 1. The van der Waals surface area contributed by atoms with Gasteiger partial charge in [0.25, 0.3) is 0 Å². The lowest BCUT2D eigenvalue weighted by Crippen LogP contribution is -2.16. The Kier molecular flexibility index (Phi) is 5.19. The minimum absolute atomic E-state index is 0.194. The highest BCUT2D eigenvalue weighted by Gasteiger charge is 2.14. The first-order valence-electron chi connectivity index (χ1n) is 8.47. The Morgan fingerprint density at radius 2 is 2.07 bits per heavy atom. The van der Waals surface area contributed by atoms with Gasteiger partial charge in [0.1, 0.15) is 5.58 Å². The van der Waals surface area contributed by atoms with Crippen molar-refractivity contribution in [3.8, 4) is 0 Å². The SMILES string of the molecule is C=CCn1cc(/C=N\NC(=O)c2cc3cc(Br)cc(Br)c3o2)c2ccccc21. The Bertz CT molecular complexity index is 1240. The lowest BCUT2D eigenvalue weighted by atomic mass is 10.2. The number of amides is 1. The number of para-hydroxylation sites is 1. The fraction of sp³-hybridized carbons (Fsp3) is 0.0476. The van der Waals surface area contributed by atoms with Gasteiger partial charge >= 0.3 is 5.91 Å². The van der Waals surface area contributed by atoms with E-state index in [1.807, 2.05) is 48.7 Å². The van der Waals surface area contributed by atoms with Crippen LogP contribution in [0, 0.1) is 0 Å². The summed E-state index contributed by atoms with van der Waals surface area (Å²) in [5.41, 5.74) is 5.14. The first-order chi connectivity index (χ1) is 13.6. The van der Waals surface area contributed by atoms with E-state index < -0.39 is 5.91 Å². The average molecular weight is 501 g/mol. The van der Waals surface area contributed by atoms with E-state index in [1.165, 1.54) is 0 Å². The number of carbonyl (C=O) groups excluding carboxylic acids is 1. The molecule has 140 valence electrons. The molecule has 0 spiro atoms. The van der Waals surface area contributed by atoms with Crippen LogP contribution in [-0.4, -0.2) is 16.7 Å². The molecule has 0 saturated carbocycles. The van der Waals surface area contributed by atoms with E-state index in [2.05, 4.69) is 53.5 Å². The van der Waals surface area contributed by atoms with Gasteiger partial charge in [-0.1, -0.05) is 40.2 Å². The number of furan rings is 1. The molecule has 7 heteroatoms. The molecule has 2 heterocycles. The second-order valence-corrected chi connectivity index (χ2v) is 7.93. The monoisotopic (exact) mass is 499 g/mol. The number of halogens is 2. The lowest BCUT2D eigenvalue weighted by Gasteiger charge is -1.98. The molecule has 0 fully saturated rings. The maximum atomic E-state index is 12.4. The number of hydrazone groups is 1. The predicted octanol–water partition coefficient (Wildman–Crippen LogP) is 5.86. The molecule has 0 unspecified atom stereocenters. The smallest absolute Gasteiger partial charge is 0.307 e. The number of nitrogens with one attached hydrogen (secondary N) is 1. The summed E-state index contributed by atoms with van der Waals surface area (Å²) in [6, 6.07) is 13.5. The van der Waals surface area contributed by atoms with Gasteiger partial charge in [0.2, 0.25) is 0 Å². The van der Waals surface area contributed by atoms with E-state index in [0.29, 0.717) is 12.1 Å². The van der Waals surface area contributed by atoms with Gasteiger partial charge in [-0.05, 0) is 40.2 Å². The molecule has 0 saturated heterocycles. The van der Waals surface area contributed by atoms with Crippen LogP contribution in [0.1, 0.15) is 16.1 Å². The number of aromatic nitrogens is 1. The quantitative estimate of drug-likeness (QED) is 0.212. The van der Waals surface area contributed by atoms with E-state index in [4.69, 9.17) is 4.42 Å². The molecule has 0 aliphatic rings. The molecule has 2 aromatic carbocycles. The van der Waals surface area contributed by atoms with Crippen molar-refractivity contribution in [2.45, 2.75) is 6.54 Å². The third-order valence-electron chi connectivity index (χ3n) is 4.27. The maximum Gasteiger partial charge on any atom is 0.307 e. The number of fused-ring (bicyclic) bond motifs is 2. The Labute approximate surface area is 178 Å². The van der Waals surface area contributed by atoms with Crippen LogP contribution in [0.25, 0.3) is 21.9 Å². The van der Waals surface area contributed by atoms with Crippen LogP contribution in [0.5, 0.6) is 0 Å². The summed E-state index contributed by atoms with van der Waals surface area (Å²) in [5.74, 6) is -0.217. The summed E-state index contributed by atoms with van der Waals surface area (Å²) in [6.07, 6.45) is 5.46. The van der Waals surface area contributed by atoms with Crippen LogP contribution in [0.15, 0.2) is 79.8 Å². The second-order valence-electron chi connectivity index (χ2n) is 6.16. The number of nitrogens with zero attached hydrogens (tertiary/aromatic N) is 2. The van der Waals surface area contributed by atoms with Crippen LogP contribution in [0.3, 0.4) is 0 Å². The fourth-order valence-corrected chi connectivity index (χ4v) is 4.41. The van der Waals surface area contributed by atoms with Crippen molar-refractivity contribution in [3.63, 3.8) is 0 Å². The molecular weight excluding hydrogens is 486 g/mol. The number of hydrogen-bond acceptors (Lipinski definition) is 3. The van der Waals surface area contributed by atoms with Gasteiger partial charge in [-0.15, -0.1) is 6.58 Å². The molecule has 0 bridgehead atoms. The van der Waals surface area contributed by atoms with Gasteiger partial charge in [-0.25, -0.2) is 5.43 Å². The fourth-order valence-electron chi connectivity index (χ4n) is 3.07. The van der Waals surface area contributed by atoms with Crippen molar-refractivity contribution in [3.05, 3.63) is 81.6 Å². The number of carbonyl (C=O) groups is 1. The zero-order valence-corrected chi connectivity index (χ0v) is 17.8. The van der Waals surface area contributed by atoms with E-state index in [9.17, 15) is 4.79 Å². The molecule has 28 heavy (non-hydrogen) atoms. The van der Waals surface area contributed by atoms with Gasteiger partial charge < -0.3 is 8.98 Å². The van der Waals surface area contributed by atoms with Crippen molar-refractivity contribution < 1.29 is 9.21 Å². The minimum Gasteiger partial charge on any atom is -0.450 e. The second kappa shape index (κ2) is 7.77. The van der Waals surface area contributed by atoms with Crippen LogP contribution in [0.2, 0.25) is 0 Å². The summed E-state index contributed by atoms with van der Waals surface area (Å²) >= 11 is 6.86. The van der Waals surface area contributed by atoms with Crippen molar-refractivity contribution in [2.75, 3.05) is 0 Å². The Morgan fingerprint density at radius 1 is 1.25 bits per heavy atom. The highest BCUT2D eigenvalue weighted by molar-refractivity contribution is 9.11. The molecule has 0 aliphatic heterocycles. The van der Waals surface area contributed by atoms with Gasteiger partial charge in [0.05, 0.1) is 10.7 Å². The normalized spacial score (nSPS) is 11.5. The highest BCUT2D eigenvalue weighted by Crippen LogP contribution is 2.31. The summed E-state index contributed by atoms with van der Waals surface area (Å²) < 4.78 is 9.41. The number of benzene rings is 2. The van der Waals surface area contributed by atoms with E-state index in [-0.39, 0.29) is 5.76 Å². The first-order valence-corrected chi connectivity index (χ1v) is 10.1. The third-order valence-corrected chi connectivity index (χ3v) is 5.32. The highest BCUT2D eigenvalue weighted by atomic mass is 79.9. The maximum absolute atomic E-state index is 12.4.